The van der Waals surface area contributed by atoms with Gasteiger partial charge in [-0.2, -0.15) is 0 Å². The molecule has 0 aromatic rings. The van der Waals surface area contributed by atoms with Crippen molar-refractivity contribution in [2.45, 2.75) is 12.3 Å². The first-order valence-corrected chi connectivity index (χ1v) is 2.47. The Morgan fingerprint density at radius 3 is 2.25 bits per heavy atom. The van der Waals surface area contributed by atoms with Crippen LogP contribution in [0.25, 0.3) is 0 Å². The Morgan fingerprint density at radius 2 is 2.25 bits per heavy atom. The van der Waals surface area contributed by atoms with Crippen molar-refractivity contribution in [3.63, 3.8) is 0 Å². The number of amides is 1. The monoisotopic (exact) mass is 134 g/mol. The van der Waals surface area contributed by atoms with Gasteiger partial charge >= 0.3 is 0 Å². The summed E-state index contributed by atoms with van der Waals surface area (Å²) in [6, 6.07) is 0. The van der Waals surface area contributed by atoms with E-state index in [1.54, 1.807) is 0 Å². The number of carbonyl (C=O) groups is 1. The van der Waals surface area contributed by atoms with Gasteiger partial charge in [0.25, 0.3) is 0 Å². The van der Waals surface area contributed by atoms with Gasteiger partial charge < -0.3 is 11.1 Å². The van der Waals surface area contributed by atoms with Crippen LogP contribution in [-0.4, -0.2) is 17.0 Å². The summed E-state index contributed by atoms with van der Waals surface area (Å²) in [5.74, 6) is -0.667. The van der Waals surface area contributed by atoms with Crippen LogP contribution in [0, 0.1) is 5.41 Å². The number of nitrogens with one attached hydrogen (secondary N) is 1. The van der Waals surface area contributed by atoms with Gasteiger partial charge in [0.15, 0.2) is 0 Å². The highest BCUT2D eigenvalue weighted by Crippen LogP contribution is 1.94. The Hall–Kier alpha value is -0.570. The maximum atomic E-state index is 10.1. The minimum atomic E-state index is -0.935. The minimum absolute atomic E-state index is 0.0826. The van der Waals surface area contributed by atoms with Crippen LogP contribution < -0.4 is 5.73 Å². The number of rotatable bonds is 2. The number of nitrogens with two attached hydrogens (primary N) is 1. The molecule has 0 spiro atoms. The zero-order valence-corrected chi connectivity index (χ0v) is 5.20. The number of primary amides is 1. The standard InChI is InChI=1S/C4H7ClN2O/c1-2(6)3(5)4(7)8/h3,6H,1H3,(H2,7,8). The van der Waals surface area contributed by atoms with E-state index < -0.39 is 11.3 Å². The first-order valence-electron chi connectivity index (χ1n) is 2.04. The number of carbonyl (C=O) groups excluding carboxylic acids is 1. The van der Waals surface area contributed by atoms with E-state index in [9.17, 15) is 4.79 Å². The normalized spacial score (nSPS) is 12.8. The molecule has 0 aromatic carbocycles. The van der Waals surface area contributed by atoms with Crippen molar-refractivity contribution < 1.29 is 4.79 Å². The molecule has 0 saturated carbocycles. The first-order chi connectivity index (χ1) is 3.55. The van der Waals surface area contributed by atoms with Crippen LogP contribution in [0.1, 0.15) is 6.92 Å². The molecule has 3 nitrogen and oxygen atoms in total. The Labute approximate surface area is 52.3 Å². The zero-order chi connectivity index (χ0) is 6.73. The van der Waals surface area contributed by atoms with Crippen molar-refractivity contribution >= 4 is 23.2 Å². The molecule has 0 aliphatic rings. The van der Waals surface area contributed by atoms with Crippen molar-refractivity contribution in [1.29, 1.82) is 5.41 Å². The van der Waals surface area contributed by atoms with E-state index >= 15 is 0 Å². The summed E-state index contributed by atoms with van der Waals surface area (Å²) in [7, 11) is 0. The summed E-state index contributed by atoms with van der Waals surface area (Å²) in [4.78, 5) is 10.1. The lowest BCUT2D eigenvalue weighted by Gasteiger charge is -1.98. The lowest BCUT2D eigenvalue weighted by Crippen LogP contribution is -2.28. The van der Waals surface area contributed by atoms with E-state index in [4.69, 9.17) is 22.7 Å². The third kappa shape index (κ3) is 1.93. The second-order valence-electron chi connectivity index (χ2n) is 1.45. The van der Waals surface area contributed by atoms with Gasteiger partial charge in [0, 0.05) is 5.71 Å². The summed E-state index contributed by atoms with van der Waals surface area (Å²) in [5, 5.41) is 5.86. The van der Waals surface area contributed by atoms with Crippen molar-refractivity contribution in [3.05, 3.63) is 0 Å². The van der Waals surface area contributed by atoms with Gasteiger partial charge in [-0.3, -0.25) is 4.79 Å². The van der Waals surface area contributed by atoms with Gasteiger partial charge in [0.2, 0.25) is 5.91 Å². The number of hydrogen-bond donors (Lipinski definition) is 2. The van der Waals surface area contributed by atoms with E-state index in [2.05, 4.69) is 0 Å². The Bertz CT molecular complexity index is 109. The van der Waals surface area contributed by atoms with E-state index in [1.165, 1.54) is 6.92 Å². The van der Waals surface area contributed by atoms with Gasteiger partial charge in [0.05, 0.1) is 0 Å². The molecule has 0 rings (SSSR count). The third-order valence-corrected chi connectivity index (χ3v) is 1.17. The number of alkyl halides is 1. The smallest absolute Gasteiger partial charge is 0.241 e. The van der Waals surface area contributed by atoms with Crippen molar-refractivity contribution in [2.24, 2.45) is 5.73 Å². The van der Waals surface area contributed by atoms with E-state index in [1.807, 2.05) is 0 Å². The molecular weight excluding hydrogens is 128 g/mol. The summed E-state index contributed by atoms with van der Waals surface area (Å²) in [6.07, 6.45) is 0. The Kier molecular flexibility index (Phi) is 2.48. The molecule has 0 aliphatic carbocycles. The molecule has 3 N–H and O–H groups in total. The minimum Gasteiger partial charge on any atom is -0.368 e. The van der Waals surface area contributed by atoms with Crippen LogP contribution in [0.2, 0.25) is 0 Å². The lowest BCUT2D eigenvalue weighted by molar-refractivity contribution is -0.116. The van der Waals surface area contributed by atoms with E-state index in [-0.39, 0.29) is 5.71 Å². The molecular formula is C4H7ClN2O. The average molecular weight is 135 g/mol. The molecule has 1 amide bonds. The molecule has 0 radical (unpaired) electrons. The van der Waals surface area contributed by atoms with Gasteiger partial charge in [-0.15, -0.1) is 11.6 Å². The molecule has 0 aromatic heterocycles. The predicted molar refractivity (Wildman–Crippen MR) is 32.2 cm³/mol. The van der Waals surface area contributed by atoms with Crippen LogP contribution in [0.4, 0.5) is 0 Å². The Balaban J connectivity index is 3.83. The largest absolute Gasteiger partial charge is 0.368 e. The zero-order valence-electron chi connectivity index (χ0n) is 4.44. The second-order valence-corrected chi connectivity index (χ2v) is 1.88. The molecule has 4 heteroatoms. The fraction of sp³-hybridized carbons (Fsp3) is 0.500. The maximum absolute atomic E-state index is 10.1. The van der Waals surface area contributed by atoms with E-state index in [0.29, 0.717) is 0 Å². The van der Waals surface area contributed by atoms with Crippen molar-refractivity contribution in [2.75, 3.05) is 0 Å². The second kappa shape index (κ2) is 2.67. The van der Waals surface area contributed by atoms with Gasteiger partial charge in [-0.25, -0.2) is 0 Å². The van der Waals surface area contributed by atoms with Crippen LogP contribution in [0.5, 0.6) is 0 Å². The molecule has 0 bridgehead atoms. The highest BCUT2D eigenvalue weighted by atomic mass is 35.5. The highest BCUT2D eigenvalue weighted by Gasteiger charge is 2.11. The molecule has 0 heterocycles. The molecule has 1 atom stereocenters. The first kappa shape index (κ1) is 7.43. The van der Waals surface area contributed by atoms with E-state index in [0.717, 1.165) is 0 Å². The Morgan fingerprint density at radius 1 is 1.88 bits per heavy atom. The molecule has 1 unspecified atom stereocenters. The summed E-state index contributed by atoms with van der Waals surface area (Å²) in [5.41, 5.74) is 4.81. The summed E-state index contributed by atoms with van der Waals surface area (Å²) in [6.45, 7) is 1.43. The molecule has 0 saturated heterocycles. The average Bonchev–Trinajstić information content (AvgIpc) is 1.64. The fourth-order valence-electron chi connectivity index (χ4n) is 0.213. The van der Waals surface area contributed by atoms with Crippen molar-refractivity contribution in [3.8, 4) is 0 Å². The lowest BCUT2D eigenvalue weighted by atomic mass is 10.3. The van der Waals surface area contributed by atoms with Crippen LogP contribution in [-0.2, 0) is 4.79 Å². The molecule has 46 valence electrons. The van der Waals surface area contributed by atoms with Crippen molar-refractivity contribution in [1.82, 2.24) is 0 Å². The maximum Gasteiger partial charge on any atom is 0.241 e. The van der Waals surface area contributed by atoms with Gasteiger partial charge in [0.1, 0.15) is 5.38 Å². The molecule has 0 aliphatic heterocycles. The third-order valence-electron chi connectivity index (χ3n) is 0.630. The SMILES string of the molecule is CC(=N)C(Cl)C(N)=O. The highest BCUT2D eigenvalue weighted by molar-refractivity contribution is 6.41. The predicted octanol–water partition coefficient (Wildman–Crippen LogP) is 0.119. The van der Waals surface area contributed by atoms with Crippen LogP contribution in [0.15, 0.2) is 0 Å². The quantitative estimate of drug-likeness (QED) is 0.409. The van der Waals surface area contributed by atoms with Gasteiger partial charge in [-0.1, -0.05) is 0 Å². The van der Waals surface area contributed by atoms with Crippen LogP contribution in [0.3, 0.4) is 0 Å². The fourth-order valence-corrected chi connectivity index (χ4v) is 0.213. The van der Waals surface area contributed by atoms with Gasteiger partial charge in [-0.05, 0) is 6.92 Å². The number of halogens is 1. The summed E-state index contributed by atoms with van der Waals surface area (Å²) < 4.78 is 0. The molecule has 0 fully saturated rings. The van der Waals surface area contributed by atoms with Crippen LogP contribution >= 0.6 is 11.6 Å². The molecule has 8 heavy (non-hydrogen) atoms. The number of hydrogen-bond acceptors (Lipinski definition) is 2. The topological polar surface area (TPSA) is 66.9 Å². The summed E-state index contributed by atoms with van der Waals surface area (Å²) >= 11 is 5.25.